The highest BCUT2D eigenvalue weighted by Crippen LogP contribution is 2.29. The second-order valence-corrected chi connectivity index (χ2v) is 5.63. The smallest absolute Gasteiger partial charge is 0.122 e. The molecule has 0 bridgehead atoms. The Labute approximate surface area is 120 Å². The van der Waals surface area contributed by atoms with Gasteiger partial charge in [-0.2, -0.15) is 0 Å². The average molecular weight is 267 g/mol. The number of hydrogen-bond donors (Lipinski definition) is 1. The van der Waals surface area contributed by atoms with Crippen molar-refractivity contribution in [3.63, 3.8) is 0 Å². The van der Waals surface area contributed by atoms with Crippen LogP contribution in [0.4, 0.5) is 5.69 Å². The largest absolute Gasteiger partial charge is 0.493 e. The maximum atomic E-state index is 5.54. The molecule has 3 rings (SSSR count). The van der Waals surface area contributed by atoms with Gasteiger partial charge in [-0.15, -0.1) is 0 Å². The zero-order valence-corrected chi connectivity index (χ0v) is 12.4. The van der Waals surface area contributed by atoms with E-state index in [4.69, 9.17) is 4.74 Å². The van der Waals surface area contributed by atoms with Gasteiger partial charge in [-0.05, 0) is 61.2 Å². The first-order chi connectivity index (χ1) is 9.63. The van der Waals surface area contributed by atoms with E-state index in [1.807, 2.05) is 0 Å². The van der Waals surface area contributed by atoms with E-state index in [0.717, 1.165) is 18.8 Å². The summed E-state index contributed by atoms with van der Waals surface area (Å²) in [5, 5.41) is 3.58. The van der Waals surface area contributed by atoms with Crippen LogP contribution in [-0.4, -0.2) is 6.61 Å². The number of nitrogens with one attached hydrogen (secondary N) is 1. The lowest BCUT2D eigenvalue weighted by atomic mass is 10.0. The van der Waals surface area contributed by atoms with Crippen LogP contribution in [0, 0.1) is 13.8 Å². The maximum Gasteiger partial charge on any atom is 0.122 e. The molecule has 0 aliphatic carbocycles. The zero-order chi connectivity index (χ0) is 14.1. The first-order valence-electron chi connectivity index (χ1n) is 7.23. The van der Waals surface area contributed by atoms with Crippen LogP contribution in [0.25, 0.3) is 0 Å². The first kappa shape index (κ1) is 13.0. The minimum atomic E-state index is 0.301. The molecule has 0 amide bonds. The highest BCUT2D eigenvalue weighted by Gasteiger charge is 2.13. The van der Waals surface area contributed by atoms with E-state index in [9.17, 15) is 0 Å². The quantitative estimate of drug-likeness (QED) is 0.889. The molecule has 0 spiro atoms. The number of anilines is 1. The average Bonchev–Trinajstić information content (AvgIpc) is 2.89. The predicted octanol–water partition coefficient (Wildman–Crippen LogP) is 4.41. The lowest BCUT2D eigenvalue weighted by Crippen LogP contribution is -2.07. The van der Waals surface area contributed by atoms with Crippen molar-refractivity contribution in [3.05, 3.63) is 58.7 Å². The van der Waals surface area contributed by atoms with E-state index in [2.05, 4.69) is 62.5 Å². The van der Waals surface area contributed by atoms with Crippen LogP contribution in [-0.2, 0) is 6.42 Å². The van der Waals surface area contributed by atoms with E-state index in [-0.39, 0.29) is 0 Å². The summed E-state index contributed by atoms with van der Waals surface area (Å²) in [7, 11) is 0. The molecule has 2 nitrogen and oxygen atoms in total. The fourth-order valence-electron chi connectivity index (χ4n) is 2.64. The number of ether oxygens (including phenoxy) is 1. The molecule has 0 saturated heterocycles. The van der Waals surface area contributed by atoms with Crippen molar-refractivity contribution < 1.29 is 4.74 Å². The van der Waals surface area contributed by atoms with Gasteiger partial charge in [0.1, 0.15) is 5.75 Å². The van der Waals surface area contributed by atoms with Crippen molar-refractivity contribution in [1.29, 1.82) is 0 Å². The van der Waals surface area contributed by atoms with Gasteiger partial charge in [-0.3, -0.25) is 0 Å². The lowest BCUT2D eigenvalue weighted by Gasteiger charge is -2.17. The highest BCUT2D eigenvalue weighted by molar-refractivity contribution is 5.53. The molecule has 1 heterocycles. The zero-order valence-electron chi connectivity index (χ0n) is 12.4. The normalized spacial score (nSPS) is 14.6. The number of fused-ring (bicyclic) bond motifs is 1. The Morgan fingerprint density at radius 3 is 2.70 bits per heavy atom. The molecule has 0 fully saturated rings. The summed E-state index contributed by atoms with van der Waals surface area (Å²) in [5.74, 6) is 1.04. The van der Waals surface area contributed by atoms with Crippen LogP contribution in [0.15, 0.2) is 36.4 Å². The van der Waals surface area contributed by atoms with E-state index < -0.39 is 0 Å². The fraction of sp³-hybridized carbons (Fsp3) is 0.333. The summed E-state index contributed by atoms with van der Waals surface area (Å²) in [5.41, 5.74) is 6.49. The van der Waals surface area contributed by atoms with Crippen molar-refractivity contribution in [3.8, 4) is 5.75 Å². The molecule has 1 atom stereocenters. The molecule has 1 N–H and O–H groups in total. The molecular formula is C18H21NO. The molecule has 2 aromatic rings. The Kier molecular flexibility index (Phi) is 3.39. The molecule has 0 aromatic heterocycles. The second kappa shape index (κ2) is 5.20. The summed E-state index contributed by atoms with van der Waals surface area (Å²) in [6.07, 6.45) is 1.02. The molecule has 1 unspecified atom stereocenters. The van der Waals surface area contributed by atoms with Crippen LogP contribution in [0.5, 0.6) is 5.75 Å². The van der Waals surface area contributed by atoms with Gasteiger partial charge in [-0.25, -0.2) is 0 Å². The van der Waals surface area contributed by atoms with E-state index >= 15 is 0 Å². The summed E-state index contributed by atoms with van der Waals surface area (Å²) < 4.78 is 5.54. The van der Waals surface area contributed by atoms with E-state index in [1.165, 1.54) is 27.9 Å². The van der Waals surface area contributed by atoms with Gasteiger partial charge in [0.15, 0.2) is 0 Å². The number of hydrogen-bond acceptors (Lipinski definition) is 2. The summed E-state index contributed by atoms with van der Waals surface area (Å²) in [6.45, 7) is 7.33. The summed E-state index contributed by atoms with van der Waals surface area (Å²) in [4.78, 5) is 0. The Bertz CT molecular complexity index is 633. The SMILES string of the molecule is Cc1ccc(C(C)Nc2ccc3c(c2)CCO3)cc1C. The van der Waals surface area contributed by atoms with Gasteiger partial charge in [-0.1, -0.05) is 18.2 Å². The Morgan fingerprint density at radius 2 is 1.90 bits per heavy atom. The van der Waals surface area contributed by atoms with Gasteiger partial charge in [0.05, 0.1) is 6.61 Å². The molecule has 2 aromatic carbocycles. The summed E-state index contributed by atoms with van der Waals surface area (Å²) >= 11 is 0. The highest BCUT2D eigenvalue weighted by atomic mass is 16.5. The molecule has 0 radical (unpaired) electrons. The molecule has 0 saturated carbocycles. The van der Waals surface area contributed by atoms with Gasteiger partial charge >= 0.3 is 0 Å². The van der Waals surface area contributed by atoms with Crippen molar-refractivity contribution in [2.24, 2.45) is 0 Å². The second-order valence-electron chi connectivity index (χ2n) is 5.63. The van der Waals surface area contributed by atoms with E-state index in [0.29, 0.717) is 6.04 Å². The molecule has 2 heteroatoms. The van der Waals surface area contributed by atoms with Crippen molar-refractivity contribution in [1.82, 2.24) is 0 Å². The van der Waals surface area contributed by atoms with Crippen molar-refractivity contribution in [2.45, 2.75) is 33.2 Å². The molecule has 20 heavy (non-hydrogen) atoms. The van der Waals surface area contributed by atoms with Crippen LogP contribution in [0.2, 0.25) is 0 Å². The van der Waals surface area contributed by atoms with Crippen LogP contribution in [0.3, 0.4) is 0 Å². The Balaban J connectivity index is 1.78. The minimum absolute atomic E-state index is 0.301. The van der Waals surface area contributed by atoms with Crippen LogP contribution < -0.4 is 10.1 Å². The van der Waals surface area contributed by atoms with Crippen LogP contribution in [0.1, 0.15) is 35.2 Å². The standard InChI is InChI=1S/C18H21NO/c1-12-4-5-15(10-13(12)2)14(3)19-17-6-7-18-16(11-17)8-9-20-18/h4-7,10-11,14,19H,8-9H2,1-3H3. The van der Waals surface area contributed by atoms with Crippen molar-refractivity contribution in [2.75, 3.05) is 11.9 Å². The van der Waals surface area contributed by atoms with Gasteiger partial charge in [0, 0.05) is 18.2 Å². The molecule has 1 aliphatic heterocycles. The third kappa shape index (κ3) is 2.51. The topological polar surface area (TPSA) is 21.3 Å². The number of rotatable bonds is 3. The monoisotopic (exact) mass is 267 g/mol. The fourth-order valence-corrected chi connectivity index (χ4v) is 2.64. The maximum absolute atomic E-state index is 5.54. The number of aryl methyl sites for hydroxylation is 2. The predicted molar refractivity (Wildman–Crippen MR) is 83.6 cm³/mol. The third-order valence-corrected chi connectivity index (χ3v) is 4.10. The van der Waals surface area contributed by atoms with Gasteiger partial charge in [0.25, 0.3) is 0 Å². The minimum Gasteiger partial charge on any atom is -0.493 e. The third-order valence-electron chi connectivity index (χ3n) is 4.10. The van der Waals surface area contributed by atoms with Gasteiger partial charge in [0.2, 0.25) is 0 Å². The van der Waals surface area contributed by atoms with Crippen LogP contribution >= 0.6 is 0 Å². The molecule has 104 valence electrons. The Hall–Kier alpha value is -1.96. The molecular weight excluding hydrogens is 246 g/mol. The van der Waals surface area contributed by atoms with Crippen molar-refractivity contribution >= 4 is 5.69 Å². The first-order valence-corrected chi connectivity index (χ1v) is 7.23. The Morgan fingerprint density at radius 1 is 1.05 bits per heavy atom. The van der Waals surface area contributed by atoms with E-state index in [1.54, 1.807) is 0 Å². The summed E-state index contributed by atoms with van der Waals surface area (Å²) in [6, 6.07) is 13.3. The molecule has 1 aliphatic rings. The lowest BCUT2D eigenvalue weighted by molar-refractivity contribution is 0.357. The van der Waals surface area contributed by atoms with Gasteiger partial charge < -0.3 is 10.1 Å². The number of benzene rings is 2.